The number of thiophene rings is 1. The summed E-state index contributed by atoms with van der Waals surface area (Å²) in [5.41, 5.74) is 3.80. The fraction of sp³-hybridized carbons (Fsp3) is 0.375. The molecule has 1 unspecified atom stereocenters. The van der Waals surface area contributed by atoms with Gasteiger partial charge in [0.2, 0.25) is 0 Å². The predicted octanol–water partition coefficient (Wildman–Crippen LogP) is 4.76. The number of rotatable bonds is 6. The topological polar surface area (TPSA) is 21.3 Å². The molecule has 0 bridgehead atoms. The van der Waals surface area contributed by atoms with E-state index >= 15 is 0 Å². The molecule has 1 aromatic heterocycles. The van der Waals surface area contributed by atoms with Gasteiger partial charge in [-0.15, -0.1) is 11.3 Å². The zero-order valence-electron chi connectivity index (χ0n) is 12.1. The van der Waals surface area contributed by atoms with Crippen LogP contribution in [-0.2, 0) is 0 Å². The number of ether oxygens (including phenoxy) is 1. The van der Waals surface area contributed by atoms with Gasteiger partial charge in [0, 0.05) is 5.56 Å². The summed E-state index contributed by atoms with van der Waals surface area (Å²) in [6, 6.07) is 8.85. The SMILES string of the molecule is CCNC(c1csc(I)c1)c1cc(C)ccc1OCC. The highest BCUT2D eigenvalue weighted by Gasteiger charge is 2.19. The van der Waals surface area contributed by atoms with Gasteiger partial charge in [0.05, 0.1) is 15.5 Å². The summed E-state index contributed by atoms with van der Waals surface area (Å²) >= 11 is 4.16. The van der Waals surface area contributed by atoms with E-state index in [9.17, 15) is 0 Å². The molecule has 1 N–H and O–H groups in total. The van der Waals surface area contributed by atoms with Gasteiger partial charge in [-0.1, -0.05) is 24.6 Å². The van der Waals surface area contributed by atoms with Crippen LogP contribution in [0.2, 0.25) is 0 Å². The van der Waals surface area contributed by atoms with Gasteiger partial charge in [0.15, 0.2) is 0 Å². The zero-order valence-corrected chi connectivity index (χ0v) is 15.0. The molecule has 108 valence electrons. The largest absolute Gasteiger partial charge is 0.494 e. The van der Waals surface area contributed by atoms with E-state index in [4.69, 9.17) is 4.74 Å². The molecule has 1 atom stereocenters. The highest BCUT2D eigenvalue weighted by atomic mass is 127. The quantitative estimate of drug-likeness (QED) is 0.705. The smallest absolute Gasteiger partial charge is 0.124 e. The van der Waals surface area contributed by atoms with E-state index in [2.05, 4.69) is 71.4 Å². The highest BCUT2D eigenvalue weighted by Crippen LogP contribution is 2.33. The summed E-state index contributed by atoms with van der Waals surface area (Å²) in [5, 5.41) is 5.81. The number of benzene rings is 1. The Kier molecular flexibility index (Phi) is 5.86. The van der Waals surface area contributed by atoms with Gasteiger partial charge in [0.1, 0.15) is 5.75 Å². The molecule has 0 saturated heterocycles. The van der Waals surface area contributed by atoms with Crippen molar-refractivity contribution in [3.8, 4) is 5.75 Å². The van der Waals surface area contributed by atoms with E-state index in [-0.39, 0.29) is 6.04 Å². The predicted molar refractivity (Wildman–Crippen MR) is 94.9 cm³/mol. The monoisotopic (exact) mass is 401 g/mol. The Morgan fingerprint density at radius 3 is 2.70 bits per heavy atom. The lowest BCUT2D eigenvalue weighted by Crippen LogP contribution is -2.22. The van der Waals surface area contributed by atoms with Gasteiger partial charge >= 0.3 is 0 Å². The summed E-state index contributed by atoms with van der Waals surface area (Å²) in [4.78, 5) is 0. The van der Waals surface area contributed by atoms with Crippen molar-refractivity contribution in [2.24, 2.45) is 0 Å². The maximum atomic E-state index is 5.81. The first-order valence-corrected chi connectivity index (χ1v) is 8.82. The number of aryl methyl sites for hydroxylation is 1. The first kappa shape index (κ1) is 15.8. The van der Waals surface area contributed by atoms with Gasteiger partial charge in [-0.2, -0.15) is 0 Å². The average Bonchev–Trinajstić information content (AvgIpc) is 2.85. The second kappa shape index (κ2) is 7.43. The Labute approximate surface area is 138 Å². The normalized spacial score (nSPS) is 12.4. The van der Waals surface area contributed by atoms with Crippen LogP contribution >= 0.6 is 33.9 Å². The molecule has 2 nitrogen and oxygen atoms in total. The van der Waals surface area contributed by atoms with Crippen molar-refractivity contribution in [3.63, 3.8) is 0 Å². The maximum Gasteiger partial charge on any atom is 0.124 e. The van der Waals surface area contributed by atoms with Gasteiger partial charge in [-0.25, -0.2) is 0 Å². The lowest BCUT2D eigenvalue weighted by Gasteiger charge is -2.21. The van der Waals surface area contributed by atoms with Crippen LogP contribution in [0.1, 0.15) is 36.6 Å². The van der Waals surface area contributed by atoms with Gasteiger partial charge < -0.3 is 10.1 Å². The molecule has 1 aromatic carbocycles. The fourth-order valence-corrected chi connectivity index (χ4v) is 3.66. The Balaban J connectivity index is 2.45. The minimum Gasteiger partial charge on any atom is -0.494 e. The molecule has 0 aliphatic rings. The van der Waals surface area contributed by atoms with Gasteiger partial charge in [0.25, 0.3) is 0 Å². The molecular weight excluding hydrogens is 381 g/mol. The second-order valence-corrected chi connectivity index (χ2v) is 7.45. The van der Waals surface area contributed by atoms with Crippen molar-refractivity contribution in [3.05, 3.63) is 49.2 Å². The third kappa shape index (κ3) is 3.74. The summed E-state index contributed by atoms with van der Waals surface area (Å²) in [5.74, 6) is 0.977. The van der Waals surface area contributed by atoms with Crippen molar-refractivity contribution < 1.29 is 4.74 Å². The minimum absolute atomic E-state index is 0.196. The van der Waals surface area contributed by atoms with Crippen LogP contribution in [0.4, 0.5) is 0 Å². The molecule has 0 amide bonds. The van der Waals surface area contributed by atoms with E-state index < -0.39 is 0 Å². The third-order valence-electron chi connectivity index (χ3n) is 3.11. The van der Waals surface area contributed by atoms with Crippen LogP contribution in [0.15, 0.2) is 29.6 Å². The van der Waals surface area contributed by atoms with Crippen molar-refractivity contribution in [1.82, 2.24) is 5.32 Å². The van der Waals surface area contributed by atoms with Crippen LogP contribution in [0.3, 0.4) is 0 Å². The van der Waals surface area contributed by atoms with E-state index in [1.54, 1.807) is 11.3 Å². The second-order valence-electron chi connectivity index (χ2n) is 4.65. The molecule has 0 fully saturated rings. The summed E-state index contributed by atoms with van der Waals surface area (Å²) in [7, 11) is 0. The first-order chi connectivity index (χ1) is 9.65. The van der Waals surface area contributed by atoms with Crippen molar-refractivity contribution >= 4 is 33.9 Å². The summed E-state index contributed by atoms with van der Waals surface area (Å²) < 4.78 is 7.12. The van der Waals surface area contributed by atoms with Crippen LogP contribution in [0.25, 0.3) is 0 Å². The Hall–Kier alpha value is -0.590. The fourth-order valence-electron chi connectivity index (χ4n) is 2.27. The molecule has 0 spiro atoms. The number of hydrogen-bond donors (Lipinski definition) is 1. The van der Waals surface area contributed by atoms with Crippen LogP contribution in [0, 0.1) is 9.81 Å². The maximum absolute atomic E-state index is 5.81. The Morgan fingerprint density at radius 1 is 1.30 bits per heavy atom. The standard InChI is InChI=1S/C16H20INOS/c1-4-18-16(12-9-15(17)20-10-12)13-8-11(3)6-7-14(13)19-5-2/h6-10,16,18H,4-5H2,1-3H3. The van der Waals surface area contributed by atoms with Crippen LogP contribution in [0.5, 0.6) is 5.75 Å². The Morgan fingerprint density at radius 2 is 2.10 bits per heavy atom. The molecule has 0 aliphatic carbocycles. The Bertz CT molecular complexity index is 567. The molecule has 4 heteroatoms. The van der Waals surface area contributed by atoms with E-state index in [1.165, 1.54) is 19.6 Å². The van der Waals surface area contributed by atoms with Crippen LogP contribution < -0.4 is 10.1 Å². The van der Waals surface area contributed by atoms with E-state index in [1.807, 2.05) is 6.92 Å². The van der Waals surface area contributed by atoms with Gasteiger partial charge in [-0.05, 0) is 66.1 Å². The number of halogens is 1. The van der Waals surface area contributed by atoms with E-state index in [0.717, 1.165) is 12.3 Å². The van der Waals surface area contributed by atoms with Gasteiger partial charge in [-0.3, -0.25) is 0 Å². The first-order valence-electron chi connectivity index (χ1n) is 6.86. The molecule has 0 radical (unpaired) electrons. The highest BCUT2D eigenvalue weighted by molar-refractivity contribution is 14.1. The molecule has 20 heavy (non-hydrogen) atoms. The zero-order chi connectivity index (χ0) is 14.5. The van der Waals surface area contributed by atoms with Crippen LogP contribution in [-0.4, -0.2) is 13.2 Å². The number of hydrogen-bond acceptors (Lipinski definition) is 3. The lowest BCUT2D eigenvalue weighted by atomic mass is 9.98. The summed E-state index contributed by atoms with van der Waals surface area (Å²) in [6.45, 7) is 7.91. The molecule has 0 saturated carbocycles. The average molecular weight is 401 g/mol. The van der Waals surface area contributed by atoms with Crippen molar-refractivity contribution in [1.29, 1.82) is 0 Å². The molecule has 1 heterocycles. The molecule has 2 aromatic rings. The molecule has 0 aliphatic heterocycles. The van der Waals surface area contributed by atoms with Crippen molar-refractivity contribution in [2.45, 2.75) is 26.8 Å². The van der Waals surface area contributed by atoms with E-state index in [0.29, 0.717) is 6.61 Å². The summed E-state index contributed by atoms with van der Waals surface area (Å²) in [6.07, 6.45) is 0. The number of nitrogens with one attached hydrogen (secondary N) is 1. The third-order valence-corrected chi connectivity index (χ3v) is 4.91. The molecule has 2 rings (SSSR count). The minimum atomic E-state index is 0.196. The molecular formula is C16H20INOS. The van der Waals surface area contributed by atoms with Crippen molar-refractivity contribution in [2.75, 3.05) is 13.2 Å². The lowest BCUT2D eigenvalue weighted by molar-refractivity contribution is 0.333.